The number of hydrogen-bond acceptors (Lipinski definition) is 1. The SMILES string of the molecule is C=C(c1ccc[nH]1)C(c1ccc[nH]1)N(C(=O)CCl)c1ccccc1. The Labute approximate surface area is 145 Å². The summed E-state index contributed by atoms with van der Waals surface area (Å²) in [5.74, 6) is -0.292. The molecule has 5 heteroatoms. The van der Waals surface area contributed by atoms with Crippen molar-refractivity contribution >= 4 is 28.8 Å². The molecular weight excluding hydrogens is 322 g/mol. The van der Waals surface area contributed by atoms with Gasteiger partial charge in [-0.3, -0.25) is 9.69 Å². The average Bonchev–Trinajstić information content (AvgIpc) is 3.32. The number of aromatic amines is 2. The Bertz CT molecular complexity index is 795. The van der Waals surface area contributed by atoms with Gasteiger partial charge in [0.2, 0.25) is 5.91 Å². The Morgan fingerprint density at radius 1 is 1.04 bits per heavy atom. The molecule has 0 saturated carbocycles. The van der Waals surface area contributed by atoms with E-state index in [1.807, 2.05) is 67.0 Å². The Kier molecular flexibility index (Phi) is 4.87. The lowest BCUT2D eigenvalue weighted by molar-refractivity contribution is -0.116. The smallest absolute Gasteiger partial charge is 0.242 e. The van der Waals surface area contributed by atoms with Crippen molar-refractivity contribution in [3.05, 3.63) is 85.0 Å². The molecule has 24 heavy (non-hydrogen) atoms. The molecule has 1 amide bonds. The molecule has 122 valence electrons. The number of aromatic nitrogens is 2. The summed E-state index contributed by atoms with van der Waals surface area (Å²) in [5, 5.41) is 0. The number of nitrogens with zero attached hydrogens (tertiary/aromatic N) is 1. The number of para-hydroxylation sites is 1. The van der Waals surface area contributed by atoms with Gasteiger partial charge in [0.15, 0.2) is 0 Å². The molecule has 4 nitrogen and oxygen atoms in total. The summed E-state index contributed by atoms with van der Waals surface area (Å²) < 4.78 is 0. The fraction of sp³-hybridized carbons (Fsp3) is 0.105. The van der Waals surface area contributed by atoms with Crippen molar-refractivity contribution in [1.82, 2.24) is 9.97 Å². The van der Waals surface area contributed by atoms with Crippen molar-refractivity contribution in [2.24, 2.45) is 0 Å². The fourth-order valence-corrected chi connectivity index (χ4v) is 2.89. The fourth-order valence-electron chi connectivity index (χ4n) is 2.76. The molecule has 0 aliphatic heterocycles. The highest BCUT2D eigenvalue weighted by Crippen LogP contribution is 2.36. The second-order valence-corrected chi connectivity index (χ2v) is 5.64. The number of carbonyl (C=O) groups is 1. The van der Waals surface area contributed by atoms with Crippen LogP contribution in [0.5, 0.6) is 0 Å². The number of hydrogen-bond donors (Lipinski definition) is 2. The van der Waals surface area contributed by atoms with Gasteiger partial charge in [0.25, 0.3) is 0 Å². The molecule has 0 spiro atoms. The van der Waals surface area contributed by atoms with E-state index in [0.717, 1.165) is 22.6 Å². The van der Waals surface area contributed by atoms with Crippen LogP contribution < -0.4 is 4.90 Å². The zero-order valence-corrected chi connectivity index (χ0v) is 13.8. The Morgan fingerprint density at radius 3 is 2.33 bits per heavy atom. The molecule has 3 rings (SSSR count). The molecule has 1 aromatic carbocycles. The van der Waals surface area contributed by atoms with Crippen LogP contribution in [0, 0.1) is 0 Å². The zero-order valence-electron chi connectivity index (χ0n) is 13.1. The quantitative estimate of drug-likeness (QED) is 0.644. The van der Waals surface area contributed by atoms with Gasteiger partial charge in [0, 0.05) is 29.5 Å². The summed E-state index contributed by atoms with van der Waals surface area (Å²) in [6.07, 6.45) is 3.67. The minimum absolute atomic E-state index is 0.107. The summed E-state index contributed by atoms with van der Waals surface area (Å²) in [6, 6.07) is 16.8. The summed E-state index contributed by atoms with van der Waals surface area (Å²) in [6.45, 7) is 4.23. The van der Waals surface area contributed by atoms with Gasteiger partial charge in [0.05, 0.1) is 0 Å². The van der Waals surface area contributed by atoms with E-state index in [9.17, 15) is 4.79 Å². The number of H-pyrrole nitrogens is 2. The van der Waals surface area contributed by atoms with Crippen LogP contribution in [0.3, 0.4) is 0 Å². The molecule has 1 unspecified atom stereocenters. The van der Waals surface area contributed by atoms with E-state index in [1.54, 1.807) is 4.90 Å². The predicted octanol–water partition coefficient (Wildman–Crippen LogP) is 4.37. The lowest BCUT2D eigenvalue weighted by Gasteiger charge is -2.32. The molecule has 2 N–H and O–H groups in total. The number of benzene rings is 1. The van der Waals surface area contributed by atoms with Crippen LogP contribution in [0.25, 0.3) is 5.57 Å². The van der Waals surface area contributed by atoms with Gasteiger partial charge in [-0.1, -0.05) is 24.8 Å². The monoisotopic (exact) mass is 339 g/mol. The maximum absolute atomic E-state index is 12.7. The first-order chi connectivity index (χ1) is 11.7. The van der Waals surface area contributed by atoms with E-state index in [2.05, 4.69) is 16.5 Å². The van der Waals surface area contributed by atoms with Crippen LogP contribution in [-0.2, 0) is 4.79 Å². The molecule has 0 bridgehead atoms. The number of anilines is 1. The maximum Gasteiger partial charge on any atom is 0.242 e. The topological polar surface area (TPSA) is 51.9 Å². The molecule has 0 radical (unpaired) electrons. The number of alkyl halides is 1. The van der Waals surface area contributed by atoms with Gasteiger partial charge in [-0.2, -0.15) is 0 Å². The average molecular weight is 340 g/mol. The third-order valence-electron chi connectivity index (χ3n) is 3.87. The summed E-state index contributed by atoms with van der Waals surface area (Å²) in [7, 11) is 0. The third kappa shape index (κ3) is 3.14. The van der Waals surface area contributed by atoms with Crippen molar-refractivity contribution in [3.8, 4) is 0 Å². The number of halogens is 1. The Balaban J connectivity index is 2.11. The summed E-state index contributed by atoms with van der Waals surface area (Å²) in [5.41, 5.74) is 3.30. The maximum atomic E-state index is 12.7. The zero-order chi connectivity index (χ0) is 16.9. The minimum atomic E-state index is -0.382. The van der Waals surface area contributed by atoms with Gasteiger partial charge in [-0.25, -0.2) is 0 Å². The van der Waals surface area contributed by atoms with E-state index in [4.69, 9.17) is 11.6 Å². The van der Waals surface area contributed by atoms with Crippen molar-refractivity contribution in [3.63, 3.8) is 0 Å². The number of rotatable bonds is 6. The van der Waals surface area contributed by atoms with Gasteiger partial charge in [0.1, 0.15) is 11.9 Å². The third-order valence-corrected chi connectivity index (χ3v) is 4.09. The van der Waals surface area contributed by atoms with Crippen LogP contribution in [0.1, 0.15) is 17.4 Å². The van der Waals surface area contributed by atoms with Crippen molar-refractivity contribution in [2.45, 2.75) is 6.04 Å². The molecule has 0 aliphatic rings. The van der Waals surface area contributed by atoms with Crippen LogP contribution in [0.4, 0.5) is 5.69 Å². The first-order valence-electron chi connectivity index (χ1n) is 7.61. The summed E-state index contributed by atoms with van der Waals surface area (Å²) >= 11 is 5.89. The van der Waals surface area contributed by atoms with Crippen molar-refractivity contribution < 1.29 is 4.79 Å². The van der Waals surface area contributed by atoms with Gasteiger partial charge in [-0.15, -0.1) is 11.6 Å². The largest absolute Gasteiger partial charge is 0.363 e. The highest BCUT2D eigenvalue weighted by molar-refractivity contribution is 6.29. The van der Waals surface area contributed by atoms with Gasteiger partial charge < -0.3 is 9.97 Å². The highest BCUT2D eigenvalue weighted by atomic mass is 35.5. The number of nitrogens with one attached hydrogen (secondary N) is 2. The second-order valence-electron chi connectivity index (χ2n) is 5.37. The van der Waals surface area contributed by atoms with Crippen molar-refractivity contribution in [1.29, 1.82) is 0 Å². The first-order valence-corrected chi connectivity index (χ1v) is 8.14. The number of amides is 1. The molecule has 0 fully saturated rings. The minimum Gasteiger partial charge on any atom is -0.363 e. The molecule has 3 aromatic rings. The first kappa shape index (κ1) is 16.1. The lowest BCUT2D eigenvalue weighted by Crippen LogP contribution is -2.36. The van der Waals surface area contributed by atoms with Crippen LogP contribution in [-0.4, -0.2) is 21.8 Å². The standard InChI is InChI=1S/C19H18ClN3O/c1-14(16-9-5-11-21-16)19(17-10-6-12-22-17)23(18(24)13-20)15-7-3-2-4-8-15/h2-12,19,21-22H,1,13H2. The second kappa shape index (κ2) is 7.23. The van der Waals surface area contributed by atoms with E-state index in [0.29, 0.717) is 0 Å². The number of carbonyl (C=O) groups excluding carboxylic acids is 1. The predicted molar refractivity (Wildman–Crippen MR) is 98.0 cm³/mol. The van der Waals surface area contributed by atoms with E-state index in [1.165, 1.54) is 0 Å². The highest BCUT2D eigenvalue weighted by Gasteiger charge is 2.30. The molecule has 1 atom stereocenters. The molecule has 0 saturated heterocycles. The molecule has 2 heterocycles. The molecule has 0 aliphatic carbocycles. The molecular formula is C19H18ClN3O. The molecule has 2 aromatic heterocycles. The Hall–Kier alpha value is -2.72. The van der Waals surface area contributed by atoms with Gasteiger partial charge >= 0.3 is 0 Å². The van der Waals surface area contributed by atoms with Crippen LogP contribution in [0.2, 0.25) is 0 Å². The normalized spacial score (nSPS) is 11.9. The van der Waals surface area contributed by atoms with Crippen LogP contribution in [0.15, 0.2) is 73.6 Å². The van der Waals surface area contributed by atoms with Crippen LogP contribution >= 0.6 is 11.6 Å². The van der Waals surface area contributed by atoms with E-state index >= 15 is 0 Å². The van der Waals surface area contributed by atoms with E-state index < -0.39 is 0 Å². The lowest BCUT2D eigenvalue weighted by atomic mass is 9.99. The Morgan fingerprint density at radius 2 is 1.75 bits per heavy atom. The van der Waals surface area contributed by atoms with Gasteiger partial charge in [-0.05, 0) is 42.0 Å². The van der Waals surface area contributed by atoms with Crippen molar-refractivity contribution in [2.75, 3.05) is 10.8 Å². The van der Waals surface area contributed by atoms with E-state index in [-0.39, 0.29) is 17.8 Å². The summed E-state index contributed by atoms with van der Waals surface area (Å²) in [4.78, 5) is 20.7.